The number of aromatic nitrogens is 4. The first-order valence-corrected chi connectivity index (χ1v) is 7.58. The molecule has 0 aliphatic rings. The van der Waals surface area contributed by atoms with E-state index in [0.717, 1.165) is 39.9 Å². The highest BCUT2D eigenvalue weighted by atomic mass is 32.1. The zero-order valence-corrected chi connectivity index (χ0v) is 12.6. The molecule has 0 atom stereocenters. The topological polar surface area (TPSA) is 72.2 Å². The van der Waals surface area contributed by atoms with Crippen LogP contribution < -0.4 is 5.32 Å². The normalized spacial score (nSPS) is 11.0. The van der Waals surface area contributed by atoms with Gasteiger partial charge in [0.05, 0.1) is 0 Å². The minimum absolute atomic E-state index is 0.0875. The van der Waals surface area contributed by atoms with Gasteiger partial charge in [-0.2, -0.15) is 9.61 Å². The molecule has 0 radical (unpaired) electrons. The summed E-state index contributed by atoms with van der Waals surface area (Å²) in [6.45, 7) is 3.60. The molecule has 6 nitrogen and oxygen atoms in total. The summed E-state index contributed by atoms with van der Waals surface area (Å²) in [4.78, 5) is 11.9. The molecule has 21 heavy (non-hydrogen) atoms. The zero-order valence-electron chi connectivity index (χ0n) is 11.8. The van der Waals surface area contributed by atoms with E-state index in [4.69, 9.17) is 0 Å². The summed E-state index contributed by atoms with van der Waals surface area (Å²) >= 11 is 1.49. The molecule has 0 fully saturated rings. The molecule has 1 aromatic carbocycles. The third-order valence-electron chi connectivity index (χ3n) is 2.96. The minimum Gasteiger partial charge on any atom is -0.326 e. The third kappa shape index (κ3) is 2.78. The number of nitrogens with one attached hydrogen (secondary N) is 1. The molecule has 0 aliphatic carbocycles. The molecule has 3 aromatic rings. The Hall–Kier alpha value is -2.28. The van der Waals surface area contributed by atoms with Crippen molar-refractivity contribution < 1.29 is 4.79 Å². The second-order valence-corrected chi connectivity index (χ2v) is 5.69. The Labute approximate surface area is 125 Å². The van der Waals surface area contributed by atoms with Crippen LogP contribution in [-0.2, 0) is 11.2 Å². The maximum atomic E-state index is 11.1. The standard InChI is InChI=1S/C14H15N5OS/c1-3-5-12-16-17-14-19(12)18-13(21-14)10-6-4-7-11(8-10)15-9(2)20/h4,6-8H,3,5H2,1-2H3,(H,15,20). The van der Waals surface area contributed by atoms with E-state index < -0.39 is 0 Å². The van der Waals surface area contributed by atoms with E-state index in [1.807, 2.05) is 24.3 Å². The lowest BCUT2D eigenvalue weighted by atomic mass is 10.2. The van der Waals surface area contributed by atoms with Gasteiger partial charge in [-0.1, -0.05) is 30.4 Å². The van der Waals surface area contributed by atoms with Gasteiger partial charge in [0, 0.05) is 24.6 Å². The third-order valence-corrected chi connectivity index (χ3v) is 3.91. The smallest absolute Gasteiger partial charge is 0.234 e. The number of hydrogen-bond donors (Lipinski definition) is 1. The molecule has 2 heterocycles. The van der Waals surface area contributed by atoms with E-state index in [9.17, 15) is 4.79 Å². The van der Waals surface area contributed by atoms with Crippen molar-refractivity contribution in [1.29, 1.82) is 0 Å². The van der Waals surface area contributed by atoms with E-state index in [1.54, 1.807) is 4.52 Å². The van der Waals surface area contributed by atoms with Gasteiger partial charge >= 0.3 is 0 Å². The number of amides is 1. The van der Waals surface area contributed by atoms with Crippen molar-refractivity contribution in [3.63, 3.8) is 0 Å². The van der Waals surface area contributed by atoms with Crippen molar-refractivity contribution in [3.8, 4) is 10.6 Å². The minimum atomic E-state index is -0.0875. The monoisotopic (exact) mass is 301 g/mol. The van der Waals surface area contributed by atoms with Crippen LogP contribution in [0.5, 0.6) is 0 Å². The maximum absolute atomic E-state index is 11.1. The number of hydrogen-bond acceptors (Lipinski definition) is 5. The Morgan fingerprint density at radius 1 is 1.38 bits per heavy atom. The Kier molecular flexibility index (Phi) is 3.66. The molecule has 0 saturated heterocycles. The van der Waals surface area contributed by atoms with Crippen molar-refractivity contribution in [2.45, 2.75) is 26.7 Å². The first-order chi connectivity index (χ1) is 10.2. The quantitative estimate of drug-likeness (QED) is 0.804. The Morgan fingerprint density at radius 3 is 3.00 bits per heavy atom. The fourth-order valence-corrected chi connectivity index (χ4v) is 2.94. The van der Waals surface area contributed by atoms with Crippen LogP contribution in [0.4, 0.5) is 5.69 Å². The van der Waals surface area contributed by atoms with Gasteiger partial charge in [-0.15, -0.1) is 10.2 Å². The maximum Gasteiger partial charge on any atom is 0.234 e. The van der Waals surface area contributed by atoms with Crippen LogP contribution in [0.3, 0.4) is 0 Å². The Bertz CT molecular complexity index is 792. The van der Waals surface area contributed by atoms with Crippen molar-refractivity contribution in [1.82, 2.24) is 19.8 Å². The molecule has 1 N–H and O–H groups in total. The molecular weight excluding hydrogens is 286 g/mol. The van der Waals surface area contributed by atoms with Crippen LogP contribution >= 0.6 is 11.3 Å². The molecule has 0 unspecified atom stereocenters. The number of rotatable bonds is 4. The van der Waals surface area contributed by atoms with Gasteiger partial charge in [-0.25, -0.2) is 0 Å². The average Bonchev–Trinajstić information content (AvgIpc) is 3.01. The van der Waals surface area contributed by atoms with E-state index in [2.05, 4.69) is 27.5 Å². The summed E-state index contributed by atoms with van der Waals surface area (Å²) in [6.07, 6.45) is 1.86. The van der Waals surface area contributed by atoms with E-state index in [-0.39, 0.29) is 5.91 Å². The van der Waals surface area contributed by atoms with Gasteiger partial charge in [0.15, 0.2) is 5.82 Å². The first-order valence-electron chi connectivity index (χ1n) is 6.76. The zero-order chi connectivity index (χ0) is 14.8. The van der Waals surface area contributed by atoms with Crippen LogP contribution in [0.15, 0.2) is 24.3 Å². The van der Waals surface area contributed by atoms with Crippen LogP contribution in [0.25, 0.3) is 15.5 Å². The second-order valence-electron chi connectivity index (χ2n) is 4.73. The summed E-state index contributed by atoms with van der Waals surface area (Å²) in [6, 6.07) is 7.63. The lowest BCUT2D eigenvalue weighted by molar-refractivity contribution is -0.114. The highest BCUT2D eigenvalue weighted by Gasteiger charge is 2.12. The highest BCUT2D eigenvalue weighted by molar-refractivity contribution is 7.19. The van der Waals surface area contributed by atoms with Crippen molar-refractivity contribution in [2.24, 2.45) is 0 Å². The van der Waals surface area contributed by atoms with Gasteiger partial charge in [0.2, 0.25) is 10.9 Å². The van der Waals surface area contributed by atoms with Gasteiger partial charge in [-0.05, 0) is 18.6 Å². The number of aryl methyl sites for hydroxylation is 1. The molecule has 0 aliphatic heterocycles. The van der Waals surface area contributed by atoms with Crippen LogP contribution in [0.2, 0.25) is 0 Å². The number of anilines is 1. The largest absolute Gasteiger partial charge is 0.326 e. The predicted octanol–water partition coefficient (Wildman–Crippen LogP) is 2.76. The highest BCUT2D eigenvalue weighted by Crippen LogP contribution is 2.27. The fourth-order valence-electron chi connectivity index (χ4n) is 2.09. The average molecular weight is 301 g/mol. The van der Waals surface area contributed by atoms with Gasteiger partial charge < -0.3 is 5.32 Å². The molecule has 108 valence electrons. The molecule has 1 amide bonds. The fraction of sp³-hybridized carbons (Fsp3) is 0.286. The Balaban J connectivity index is 1.98. The molecule has 0 saturated carbocycles. The first kappa shape index (κ1) is 13.7. The van der Waals surface area contributed by atoms with Gasteiger partial charge in [0.25, 0.3) is 0 Å². The number of carbonyl (C=O) groups excluding carboxylic acids is 1. The molecule has 0 bridgehead atoms. The molecular formula is C14H15N5OS. The number of nitrogens with zero attached hydrogens (tertiary/aromatic N) is 4. The van der Waals surface area contributed by atoms with Crippen molar-refractivity contribution in [3.05, 3.63) is 30.1 Å². The summed E-state index contributed by atoms with van der Waals surface area (Å²) in [7, 11) is 0. The lowest BCUT2D eigenvalue weighted by Crippen LogP contribution is -2.05. The molecule has 2 aromatic heterocycles. The lowest BCUT2D eigenvalue weighted by Gasteiger charge is -2.03. The summed E-state index contributed by atoms with van der Waals surface area (Å²) < 4.78 is 1.80. The number of benzene rings is 1. The molecule has 0 spiro atoms. The molecule has 7 heteroatoms. The van der Waals surface area contributed by atoms with E-state index in [1.165, 1.54) is 18.3 Å². The summed E-state index contributed by atoms with van der Waals surface area (Å²) in [5.74, 6) is 0.795. The SMILES string of the molecule is CCCc1nnc2sc(-c3cccc(NC(C)=O)c3)nn12. The van der Waals surface area contributed by atoms with Crippen molar-refractivity contribution in [2.75, 3.05) is 5.32 Å². The van der Waals surface area contributed by atoms with E-state index >= 15 is 0 Å². The van der Waals surface area contributed by atoms with Crippen LogP contribution in [-0.4, -0.2) is 25.7 Å². The Morgan fingerprint density at radius 2 is 2.24 bits per heavy atom. The van der Waals surface area contributed by atoms with Crippen molar-refractivity contribution >= 4 is 27.9 Å². The second kappa shape index (κ2) is 5.61. The van der Waals surface area contributed by atoms with Gasteiger partial charge in [-0.3, -0.25) is 4.79 Å². The van der Waals surface area contributed by atoms with Crippen LogP contribution in [0, 0.1) is 0 Å². The predicted molar refractivity (Wildman–Crippen MR) is 82.4 cm³/mol. The summed E-state index contributed by atoms with van der Waals surface area (Å²) in [5.41, 5.74) is 1.72. The van der Waals surface area contributed by atoms with E-state index in [0.29, 0.717) is 0 Å². The molecule has 3 rings (SSSR count). The number of carbonyl (C=O) groups is 1. The van der Waals surface area contributed by atoms with Crippen LogP contribution in [0.1, 0.15) is 26.1 Å². The summed E-state index contributed by atoms with van der Waals surface area (Å²) in [5, 5.41) is 16.5. The van der Waals surface area contributed by atoms with Gasteiger partial charge in [0.1, 0.15) is 5.01 Å². The number of fused-ring (bicyclic) bond motifs is 1.